The smallest absolute Gasteiger partial charge is 0.543 e. The van der Waals surface area contributed by atoms with Crippen LogP contribution in [0.3, 0.4) is 0 Å². The minimum atomic E-state index is -1.34. The summed E-state index contributed by atoms with van der Waals surface area (Å²) in [6.07, 6.45) is 3.06. The molecule has 0 unspecified atom stereocenters. The fourth-order valence-corrected chi connectivity index (χ4v) is 2.98. The number of fused-ring (bicyclic) bond motifs is 1. The predicted molar refractivity (Wildman–Crippen MR) is 60.5 cm³/mol. The predicted octanol–water partition coefficient (Wildman–Crippen LogP) is -3.12. The van der Waals surface area contributed by atoms with E-state index >= 15 is 0 Å². The number of carboxylic acid groups (broad SMARTS) is 1. The van der Waals surface area contributed by atoms with Crippen LogP contribution in [0.15, 0.2) is 27.4 Å². The number of aromatic nitrogens is 1. The first-order chi connectivity index (χ1) is 8.58. The number of carboxylic acids is 1. The maximum atomic E-state index is 11.8. The quantitative estimate of drug-likeness (QED) is 0.325. The summed E-state index contributed by atoms with van der Waals surface area (Å²) in [7, 11) is 0. The number of aliphatic carboxylic acids is 1. The van der Waals surface area contributed by atoms with E-state index in [4.69, 9.17) is 4.42 Å². The fourth-order valence-electron chi connectivity index (χ4n) is 1.86. The minimum absolute atomic E-state index is 0. The normalized spacial score (nSPS) is 22.7. The molecule has 2 aliphatic heterocycles. The Morgan fingerprint density at radius 1 is 1.63 bits per heavy atom. The van der Waals surface area contributed by atoms with E-state index in [1.165, 1.54) is 28.3 Å². The van der Waals surface area contributed by atoms with Crippen LogP contribution in [0.2, 0.25) is 0 Å². The molecule has 0 aromatic carbocycles. The average molecular weight is 286 g/mol. The third-order valence-corrected chi connectivity index (χ3v) is 3.77. The van der Waals surface area contributed by atoms with Gasteiger partial charge in [-0.2, -0.15) is 0 Å². The second-order valence-electron chi connectivity index (χ2n) is 3.85. The maximum Gasteiger partial charge on any atom is 1.00 e. The van der Waals surface area contributed by atoms with Gasteiger partial charge in [-0.1, -0.05) is 0 Å². The minimum Gasteiger partial charge on any atom is -0.543 e. The standard InChI is InChI=1S/C11H8N2O4S.Na/c1-5-12-6(3-17-5)2-7-9(14)13-8(11(15)16)4-18-10(7)13;/h2-4,10H,1H3,(H,15,16);/q;+1/p-1/b7-2-;/t10-;/m1./s1. The van der Waals surface area contributed by atoms with Gasteiger partial charge in [-0.15, -0.1) is 11.8 Å². The zero-order chi connectivity index (χ0) is 12.9. The summed E-state index contributed by atoms with van der Waals surface area (Å²) < 4.78 is 5.04. The molecule has 0 bridgehead atoms. The number of amides is 1. The Hall–Kier alpha value is -1.02. The second kappa shape index (κ2) is 5.16. The monoisotopic (exact) mass is 286 g/mol. The summed E-state index contributed by atoms with van der Waals surface area (Å²) >= 11 is 1.26. The molecule has 1 fully saturated rings. The van der Waals surface area contributed by atoms with Crippen molar-refractivity contribution in [3.63, 3.8) is 0 Å². The van der Waals surface area contributed by atoms with Crippen molar-refractivity contribution >= 4 is 29.7 Å². The molecule has 0 saturated carbocycles. The zero-order valence-electron chi connectivity index (χ0n) is 10.2. The molecule has 1 amide bonds. The van der Waals surface area contributed by atoms with Crippen molar-refractivity contribution in [2.75, 3.05) is 0 Å². The Balaban J connectivity index is 0.00000133. The zero-order valence-corrected chi connectivity index (χ0v) is 13.1. The summed E-state index contributed by atoms with van der Waals surface area (Å²) in [5, 5.41) is 11.9. The Labute approximate surface area is 134 Å². The molecule has 2 aliphatic rings. The Kier molecular flexibility index (Phi) is 3.91. The molecule has 0 N–H and O–H groups in total. The first-order valence-corrected chi connectivity index (χ1v) is 6.06. The van der Waals surface area contributed by atoms with E-state index in [0.717, 1.165) is 0 Å². The van der Waals surface area contributed by atoms with E-state index in [0.29, 0.717) is 17.2 Å². The molecular weight excluding hydrogens is 279 g/mol. The molecule has 0 aliphatic carbocycles. The Bertz CT molecular complexity index is 622. The van der Waals surface area contributed by atoms with Gasteiger partial charge < -0.3 is 14.3 Å². The molecule has 0 spiro atoms. The van der Waals surface area contributed by atoms with Crippen molar-refractivity contribution in [1.82, 2.24) is 9.88 Å². The molecule has 8 heteroatoms. The van der Waals surface area contributed by atoms with E-state index < -0.39 is 5.97 Å². The van der Waals surface area contributed by atoms with Gasteiger partial charge in [-0.05, 0) is 11.5 Å². The van der Waals surface area contributed by atoms with Crippen LogP contribution in [0.5, 0.6) is 0 Å². The summed E-state index contributed by atoms with van der Waals surface area (Å²) in [6, 6.07) is 0. The summed E-state index contributed by atoms with van der Waals surface area (Å²) in [4.78, 5) is 27.9. The topological polar surface area (TPSA) is 86.5 Å². The van der Waals surface area contributed by atoms with Crippen LogP contribution in [0.25, 0.3) is 6.08 Å². The molecule has 3 rings (SSSR count). The number of β-lactam (4-membered cyclic amide) rings is 1. The van der Waals surface area contributed by atoms with Gasteiger partial charge in [0.25, 0.3) is 5.91 Å². The van der Waals surface area contributed by atoms with Crippen molar-refractivity contribution in [1.29, 1.82) is 0 Å². The Morgan fingerprint density at radius 3 is 2.95 bits per heavy atom. The van der Waals surface area contributed by atoms with Gasteiger partial charge in [-0.25, -0.2) is 4.98 Å². The van der Waals surface area contributed by atoms with E-state index in [9.17, 15) is 14.7 Å². The molecule has 1 aromatic heterocycles. The van der Waals surface area contributed by atoms with Crippen LogP contribution < -0.4 is 34.7 Å². The molecule has 1 atom stereocenters. The van der Waals surface area contributed by atoms with Crippen LogP contribution in [-0.2, 0) is 9.59 Å². The van der Waals surface area contributed by atoms with E-state index in [-0.39, 0.29) is 46.5 Å². The van der Waals surface area contributed by atoms with Crippen molar-refractivity contribution in [3.8, 4) is 0 Å². The SMILES string of the molecule is Cc1nc(/C=C2/C(=O)N3C(C(=O)[O-])=CS[C@H]23)co1.[Na+]. The third-order valence-electron chi connectivity index (χ3n) is 2.68. The van der Waals surface area contributed by atoms with Crippen molar-refractivity contribution in [2.24, 2.45) is 0 Å². The molecule has 6 nitrogen and oxygen atoms in total. The molecule has 1 saturated heterocycles. The first-order valence-electron chi connectivity index (χ1n) is 5.12. The fraction of sp³-hybridized carbons (Fsp3) is 0.182. The number of aryl methyl sites for hydroxylation is 1. The van der Waals surface area contributed by atoms with Crippen LogP contribution >= 0.6 is 11.8 Å². The van der Waals surface area contributed by atoms with Gasteiger partial charge in [0, 0.05) is 6.92 Å². The van der Waals surface area contributed by atoms with Crippen molar-refractivity contribution in [3.05, 3.63) is 34.5 Å². The van der Waals surface area contributed by atoms with Crippen molar-refractivity contribution < 1.29 is 48.7 Å². The summed E-state index contributed by atoms with van der Waals surface area (Å²) in [6.45, 7) is 1.71. The molecule has 3 heterocycles. The largest absolute Gasteiger partial charge is 1.00 e. The number of oxazole rings is 1. The number of hydrogen-bond acceptors (Lipinski definition) is 6. The van der Waals surface area contributed by atoms with E-state index in [2.05, 4.69) is 4.98 Å². The number of carbonyl (C=O) groups is 2. The van der Waals surface area contributed by atoms with E-state index in [1.807, 2.05) is 0 Å². The van der Waals surface area contributed by atoms with Gasteiger partial charge in [0.15, 0.2) is 5.89 Å². The number of thioether (sulfide) groups is 1. The Morgan fingerprint density at radius 2 is 2.37 bits per heavy atom. The molecule has 0 radical (unpaired) electrons. The third kappa shape index (κ3) is 2.27. The van der Waals surface area contributed by atoms with Crippen LogP contribution in [-0.4, -0.2) is 27.1 Å². The van der Waals surface area contributed by atoms with Gasteiger partial charge >= 0.3 is 29.6 Å². The van der Waals surface area contributed by atoms with Crippen LogP contribution in [0, 0.1) is 6.92 Å². The van der Waals surface area contributed by atoms with Gasteiger partial charge in [0.05, 0.1) is 17.2 Å². The van der Waals surface area contributed by atoms with Gasteiger partial charge in [0.2, 0.25) is 0 Å². The molecule has 1 aromatic rings. The van der Waals surface area contributed by atoms with Crippen LogP contribution in [0.4, 0.5) is 0 Å². The summed E-state index contributed by atoms with van der Waals surface area (Å²) in [5.41, 5.74) is 0.988. The van der Waals surface area contributed by atoms with E-state index in [1.54, 1.807) is 13.0 Å². The number of nitrogens with zero attached hydrogens (tertiary/aromatic N) is 2. The maximum absolute atomic E-state index is 11.8. The molecule has 19 heavy (non-hydrogen) atoms. The average Bonchev–Trinajstić information content (AvgIpc) is 2.89. The van der Waals surface area contributed by atoms with Crippen molar-refractivity contribution in [2.45, 2.75) is 12.3 Å². The second-order valence-corrected chi connectivity index (χ2v) is 4.80. The van der Waals surface area contributed by atoms with Gasteiger partial charge in [0.1, 0.15) is 17.3 Å². The van der Waals surface area contributed by atoms with Crippen LogP contribution in [0.1, 0.15) is 11.6 Å². The molecule has 92 valence electrons. The first kappa shape index (κ1) is 14.4. The number of hydrogen-bond donors (Lipinski definition) is 0. The number of carbonyl (C=O) groups excluding carboxylic acids is 2. The molecular formula is C11H7N2NaO4S. The number of rotatable bonds is 2. The summed E-state index contributed by atoms with van der Waals surface area (Å²) in [5.74, 6) is -1.16. The van der Waals surface area contributed by atoms with Gasteiger partial charge in [-0.3, -0.25) is 9.69 Å².